The lowest BCUT2D eigenvalue weighted by molar-refractivity contribution is -0.124. The minimum Gasteiger partial charge on any atom is -0.383 e. The number of fused-ring (bicyclic) bond motifs is 1. The second-order valence-electron chi connectivity index (χ2n) is 6.47. The number of para-hydroxylation sites is 1. The number of hydrogen-bond acceptors (Lipinski definition) is 4. The van der Waals surface area contributed by atoms with Crippen molar-refractivity contribution in [1.82, 2.24) is 9.88 Å². The monoisotopic (exact) mass is 397 g/mol. The minimum absolute atomic E-state index is 0.148. The molecule has 0 fully saturated rings. The van der Waals surface area contributed by atoms with Gasteiger partial charge in [0.15, 0.2) is 4.80 Å². The quantitative estimate of drug-likeness (QED) is 0.650. The van der Waals surface area contributed by atoms with Crippen molar-refractivity contribution in [2.24, 2.45) is 4.99 Å². The van der Waals surface area contributed by atoms with E-state index in [1.807, 2.05) is 47.9 Å². The van der Waals surface area contributed by atoms with E-state index in [0.29, 0.717) is 23.5 Å². The third-order valence-electron chi connectivity index (χ3n) is 4.40. The molecule has 0 bridgehead atoms. The van der Waals surface area contributed by atoms with Gasteiger partial charge in [-0.05, 0) is 38.1 Å². The van der Waals surface area contributed by atoms with Crippen LogP contribution in [0.2, 0.25) is 0 Å². The minimum atomic E-state index is -0.516. The van der Waals surface area contributed by atoms with E-state index in [9.17, 15) is 9.59 Å². The number of amides is 2. The lowest BCUT2D eigenvalue weighted by Gasteiger charge is -2.15. The molecule has 2 amide bonds. The fraction of sp³-hybridized carbons (Fsp3) is 0.286. The van der Waals surface area contributed by atoms with Crippen molar-refractivity contribution in [3.63, 3.8) is 0 Å². The van der Waals surface area contributed by atoms with Crippen LogP contribution < -0.4 is 10.1 Å². The van der Waals surface area contributed by atoms with Gasteiger partial charge in [0.2, 0.25) is 5.91 Å². The van der Waals surface area contributed by atoms with Crippen LogP contribution in [0, 0.1) is 6.92 Å². The molecule has 146 valence electrons. The smallest absolute Gasteiger partial charge is 0.279 e. The van der Waals surface area contributed by atoms with Gasteiger partial charge in [0.25, 0.3) is 5.91 Å². The summed E-state index contributed by atoms with van der Waals surface area (Å²) in [6.45, 7) is 4.64. The molecule has 0 radical (unpaired) electrons. The van der Waals surface area contributed by atoms with Crippen molar-refractivity contribution < 1.29 is 14.3 Å². The first kappa shape index (κ1) is 20.0. The highest BCUT2D eigenvalue weighted by Gasteiger charge is 2.19. The topological polar surface area (TPSA) is 72.7 Å². The summed E-state index contributed by atoms with van der Waals surface area (Å²) < 4.78 is 7.76. The number of thiazole rings is 1. The molecule has 3 aromatic rings. The molecule has 0 spiro atoms. The lowest BCUT2D eigenvalue weighted by Crippen LogP contribution is -2.36. The average molecular weight is 398 g/mol. The van der Waals surface area contributed by atoms with Crippen LogP contribution in [0.1, 0.15) is 28.9 Å². The van der Waals surface area contributed by atoms with Crippen molar-refractivity contribution in [2.75, 3.05) is 20.3 Å². The molecule has 0 unspecified atom stereocenters. The number of rotatable bonds is 6. The summed E-state index contributed by atoms with van der Waals surface area (Å²) in [6, 6.07) is 14.5. The van der Waals surface area contributed by atoms with Gasteiger partial charge in [0, 0.05) is 19.2 Å². The summed E-state index contributed by atoms with van der Waals surface area (Å²) in [7, 11) is 1.59. The van der Waals surface area contributed by atoms with Crippen LogP contribution in [0.4, 0.5) is 0 Å². The maximum atomic E-state index is 12.7. The van der Waals surface area contributed by atoms with Crippen molar-refractivity contribution in [3.05, 3.63) is 64.5 Å². The highest BCUT2D eigenvalue weighted by molar-refractivity contribution is 7.16. The van der Waals surface area contributed by atoms with Gasteiger partial charge in [0.05, 0.1) is 16.8 Å². The Bertz CT molecular complexity index is 1050. The molecular weight excluding hydrogens is 374 g/mol. The van der Waals surface area contributed by atoms with E-state index >= 15 is 0 Å². The number of aromatic nitrogens is 1. The van der Waals surface area contributed by atoms with E-state index in [1.165, 1.54) is 11.3 Å². The largest absolute Gasteiger partial charge is 0.383 e. The Balaban J connectivity index is 2.02. The summed E-state index contributed by atoms with van der Waals surface area (Å²) >= 11 is 1.39. The van der Waals surface area contributed by atoms with E-state index in [1.54, 1.807) is 26.2 Å². The normalized spacial score (nSPS) is 12.9. The first-order valence-electron chi connectivity index (χ1n) is 9.03. The molecule has 6 nitrogen and oxygen atoms in total. The Morgan fingerprint density at radius 1 is 1.18 bits per heavy atom. The number of benzene rings is 2. The predicted molar refractivity (Wildman–Crippen MR) is 110 cm³/mol. The van der Waals surface area contributed by atoms with Crippen LogP contribution in [0.25, 0.3) is 10.2 Å². The van der Waals surface area contributed by atoms with E-state index in [2.05, 4.69) is 10.3 Å². The van der Waals surface area contributed by atoms with Crippen LogP contribution >= 0.6 is 11.3 Å². The van der Waals surface area contributed by atoms with Gasteiger partial charge in [-0.2, -0.15) is 4.99 Å². The molecule has 28 heavy (non-hydrogen) atoms. The molecule has 0 aliphatic rings. The zero-order valence-corrected chi connectivity index (χ0v) is 17.0. The van der Waals surface area contributed by atoms with Crippen molar-refractivity contribution in [3.8, 4) is 0 Å². The number of hydrogen-bond donors (Lipinski definition) is 1. The molecular formula is C21H23N3O3S. The second-order valence-corrected chi connectivity index (χ2v) is 7.47. The number of nitrogens with one attached hydrogen (secondary N) is 1. The van der Waals surface area contributed by atoms with Gasteiger partial charge in [-0.3, -0.25) is 9.59 Å². The fourth-order valence-corrected chi connectivity index (χ4v) is 3.93. The Hall–Kier alpha value is -2.77. The van der Waals surface area contributed by atoms with Crippen LogP contribution in [-0.4, -0.2) is 36.6 Å². The molecule has 1 aromatic heterocycles. The molecule has 0 saturated carbocycles. The first-order valence-corrected chi connectivity index (χ1v) is 9.85. The maximum absolute atomic E-state index is 12.7. The molecule has 3 rings (SSSR count). The number of nitrogens with zero attached hydrogens (tertiary/aromatic N) is 2. The van der Waals surface area contributed by atoms with Crippen LogP contribution in [0.3, 0.4) is 0 Å². The zero-order chi connectivity index (χ0) is 20.1. The number of carbonyl (C=O) groups excluding carboxylic acids is 2. The Morgan fingerprint density at radius 2 is 1.89 bits per heavy atom. The van der Waals surface area contributed by atoms with Gasteiger partial charge in [-0.1, -0.05) is 41.2 Å². The zero-order valence-electron chi connectivity index (χ0n) is 16.1. The van der Waals surface area contributed by atoms with Crippen LogP contribution in [0.5, 0.6) is 0 Å². The highest BCUT2D eigenvalue weighted by atomic mass is 32.1. The summed E-state index contributed by atoms with van der Waals surface area (Å²) in [5, 5.41) is 2.85. The number of methoxy groups -OCH3 is 1. The first-order chi connectivity index (χ1) is 13.5. The highest BCUT2D eigenvalue weighted by Crippen LogP contribution is 2.21. The van der Waals surface area contributed by atoms with Crippen LogP contribution in [0.15, 0.2) is 53.5 Å². The maximum Gasteiger partial charge on any atom is 0.279 e. The SMILES string of the molecule is COCCNC(=O)[C@H](C)n1c(=NC(=O)c2ccc(C)cc2)sc2ccccc21. The van der Waals surface area contributed by atoms with Crippen molar-refractivity contribution >= 4 is 33.4 Å². The van der Waals surface area contributed by atoms with Crippen molar-refractivity contribution in [2.45, 2.75) is 19.9 Å². The molecule has 0 saturated heterocycles. The Morgan fingerprint density at radius 3 is 2.61 bits per heavy atom. The molecule has 2 aromatic carbocycles. The van der Waals surface area contributed by atoms with Gasteiger partial charge >= 0.3 is 0 Å². The van der Waals surface area contributed by atoms with E-state index in [0.717, 1.165) is 15.8 Å². The Labute approximate surface area is 167 Å². The molecule has 0 aliphatic carbocycles. The fourth-order valence-electron chi connectivity index (χ4n) is 2.83. The standard InChI is InChI=1S/C21H23N3O3S/c1-14-8-10-16(11-9-14)20(26)23-21-24(15(2)19(25)22-12-13-27-3)17-6-4-5-7-18(17)28-21/h4-11,15H,12-13H2,1-3H3,(H,22,25)/t15-/m0/s1. The van der Waals surface area contributed by atoms with Gasteiger partial charge < -0.3 is 14.6 Å². The van der Waals surface area contributed by atoms with Gasteiger partial charge in [0.1, 0.15) is 6.04 Å². The molecule has 1 heterocycles. The van der Waals surface area contributed by atoms with Crippen LogP contribution in [-0.2, 0) is 9.53 Å². The van der Waals surface area contributed by atoms with Gasteiger partial charge in [-0.25, -0.2) is 0 Å². The summed E-state index contributed by atoms with van der Waals surface area (Å²) in [6.07, 6.45) is 0. The third-order valence-corrected chi connectivity index (χ3v) is 5.44. The predicted octanol–water partition coefficient (Wildman–Crippen LogP) is 3.08. The van der Waals surface area contributed by atoms with E-state index in [4.69, 9.17) is 4.74 Å². The second kappa shape index (κ2) is 8.95. The summed E-state index contributed by atoms with van der Waals surface area (Å²) in [5.41, 5.74) is 2.47. The molecule has 1 N–H and O–H groups in total. The Kier molecular flexibility index (Phi) is 6.38. The molecule has 0 aliphatic heterocycles. The summed E-state index contributed by atoms with van der Waals surface area (Å²) in [4.78, 5) is 30.1. The van der Waals surface area contributed by atoms with E-state index < -0.39 is 6.04 Å². The molecule has 7 heteroatoms. The number of aryl methyl sites for hydroxylation is 1. The van der Waals surface area contributed by atoms with Gasteiger partial charge in [-0.15, -0.1) is 0 Å². The third kappa shape index (κ3) is 4.37. The number of ether oxygens (including phenoxy) is 1. The van der Waals surface area contributed by atoms with Crippen molar-refractivity contribution in [1.29, 1.82) is 0 Å². The van der Waals surface area contributed by atoms with E-state index in [-0.39, 0.29) is 11.8 Å². The number of carbonyl (C=O) groups is 2. The lowest BCUT2D eigenvalue weighted by atomic mass is 10.1. The molecule has 1 atom stereocenters. The summed E-state index contributed by atoms with van der Waals surface area (Å²) in [5.74, 6) is -0.475. The average Bonchev–Trinajstić information content (AvgIpc) is 3.05.